The Kier molecular flexibility index (Phi) is 5.84. The predicted octanol–water partition coefficient (Wildman–Crippen LogP) is 5.16. The zero-order valence-electron chi connectivity index (χ0n) is 18.7. The Bertz CT molecular complexity index is 1330. The van der Waals surface area contributed by atoms with Crippen molar-refractivity contribution >= 4 is 16.8 Å². The Morgan fingerprint density at radius 2 is 1.73 bits per heavy atom. The molecule has 1 fully saturated rings. The minimum absolute atomic E-state index is 0.00274. The zero-order chi connectivity index (χ0) is 22.8. The van der Waals surface area contributed by atoms with Crippen molar-refractivity contribution in [2.24, 2.45) is 0 Å². The van der Waals surface area contributed by atoms with Gasteiger partial charge in [0.05, 0.1) is 11.0 Å². The Labute approximate surface area is 192 Å². The number of nitrogens with one attached hydrogen (secondary N) is 1. The van der Waals surface area contributed by atoms with Crippen LogP contribution in [0, 0.1) is 0 Å². The number of carbonyl (C=O) groups excluding carboxylic acids is 1. The van der Waals surface area contributed by atoms with E-state index in [1.54, 1.807) is 12.1 Å². The Morgan fingerprint density at radius 3 is 2.48 bits per heavy atom. The van der Waals surface area contributed by atoms with Crippen molar-refractivity contribution in [2.45, 2.75) is 32.4 Å². The van der Waals surface area contributed by atoms with Crippen LogP contribution in [0.5, 0.6) is 11.5 Å². The van der Waals surface area contributed by atoms with Gasteiger partial charge in [-0.15, -0.1) is 0 Å². The van der Waals surface area contributed by atoms with E-state index in [4.69, 9.17) is 4.74 Å². The molecule has 168 valence electrons. The number of hydrogen-bond acceptors (Lipinski definition) is 4. The van der Waals surface area contributed by atoms with Gasteiger partial charge in [-0.2, -0.15) is 0 Å². The Balaban J connectivity index is 1.25. The third-order valence-corrected chi connectivity index (χ3v) is 6.33. The highest BCUT2D eigenvalue weighted by Gasteiger charge is 2.24. The number of piperidine rings is 1. The Morgan fingerprint density at radius 1 is 0.970 bits per heavy atom. The zero-order valence-corrected chi connectivity index (χ0v) is 18.7. The van der Waals surface area contributed by atoms with Crippen LogP contribution in [0.1, 0.15) is 41.7 Å². The topological polar surface area (TPSA) is 67.3 Å². The maximum atomic E-state index is 12.7. The van der Waals surface area contributed by atoms with E-state index in [1.807, 2.05) is 53.1 Å². The lowest BCUT2D eigenvalue weighted by molar-refractivity contribution is 0.101. The summed E-state index contributed by atoms with van der Waals surface area (Å²) in [5, 5.41) is 0. The van der Waals surface area contributed by atoms with Crippen LogP contribution in [0.25, 0.3) is 11.0 Å². The smallest absolute Gasteiger partial charge is 0.326 e. The number of nitrogens with zero attached hydrogens (tertiary/aromatic N) is 2. The number of para-hydroxylation sites is 1. The fourth-order valence-corrected chi connectivity index (χ4v) is 4.64. The molecule has 6 nitrogen and oxygen atoms in total. The molecule has 1 aromatic heterocycles. The highest BCUT2D eigenvalue weighted by Crippen LogP contribution is 2.27. The first kappa shape index (κ1) is 21.2. The molecule has 0 bridgehead atoms. The van der Waals surface area contributed by atoms with Crippen LogP contribution in [-0.4, -0.2) is 33.3 Å². The quantitative estimate of drug-likeness (QED) is 0.420. The van der Waals surface area contributed by atoms with Crippen molar-refractivity contribution in [1.29, 1.82) is 0 Å². The molecular weight excluding hydrogens is 414 g/mol. The summed E-state index contributed by atoms with van der Waals surface area (Å²) in [6.45, 7) is 4.22. The van der Waals surface area contributed by atoms with E-state index in [-0.39, 0.29) is 17.5 Å². The normalized spacial score (nSPS) is 15.1. The van der Waals surface area contributed by atoms with Crippen molar-refractivity contribution in [2.75, 3.05) is 13.1 Å². The summed E-state index contributed by atoms with van der Waals surface area (Å²) in [4.78, 5) is 29.7. The molecule has 1 aliphatic rings. The molecule has 0 aliphatic carbocycles. The number of benzene rings is 3. The third kappa shape index (κ3) is 4.61. The summed E-state index contributed by atoms with van der Waals surface area (Å²) >= 11 is 0. The van der Waals surface area contributed by atoms with Crippen molar-refractivity contribution in [3.05, 3.63) is 94.4 Å². The maximum Gasteiger partial charge on any atom is 0.326 e. The molecule has 1 saturated heterocycles. The second-order valence-corrected chi connectivity index (χ2v) is 8.66. The first-order valence-corrected chi connectivity index (χ1v) is 11.4. The minimum Gasteiger partial charge on any atom is -0.457 e. The lowest BCUT2D eigenvalue weighted by atomic mass is 10.0. The molecule has 0 saturated carbocycles. The molecule has 1 aliphatic heterocycles. The summed E-state index contributed by atoms with van der Waals surface area (Å²) in [7, 11) is 0. The third-order valence-electron chi connectivity index (χ3n) is 6.33. The van der Waals surface area contributed by atoms with Gasteiger partial charge in [-0.05, 0) is 67.8 Å². The number of likely N-dealkylation sites (tertiary alicyclic amines) is 1. The van der Waals surface area contributed by atoms with Crippen LogP contribution in [-0.2, 0) is 6.54 Å². The van der Waals surface area contributed by atoms with Gasteiger partial charge in [-0.3, -0.25) is 14.3 Å². The van der Waals surface area contributed by atoms with E-state index in [0.29, 0.717) is 5.56 Å². The molecular formula is C27H27N3O3. The predicted molar refractivity (Wildman–Crippen MR) is 129 cm³/mol. The summed E-state index contributed by atoms with van der Waals surface area (Å²) < 4.78 is 7.84. The van der Waals surface area contributed by atoms with E-state index in [0.717, 1.165) is 55.0 Å². The number of aromatic amines is 1. The largest absolute Gasteiger partial charge is 0.457 e. The molecule has 0 spiro atoms. The first-order chi connectivity index (χ1) is 16.1. The molecule has 5 rings (SSSR count). The summed E-state index contributed by atoms with van der Waals surface area (Å²) in [6.07, 6.45) is 1.81. The summed E-state index contributed by atoms with van der Waals surface area (Å²) in [6, 6.07) is 23.6. The highest BCUT2D eigenvalue weighted by atomic mass is 16.5. The van der Waals surface area contributed by atoms with Crippen molar-refractivity contribution < 1.29 is 9.53 Å². The van der Waals surface area contributed by atoms with Gasteiger partial charge in [0.25, 0.3) is 0 Å². The van der Waals surface area contributed by atoms with E-state index >= 15 is 0 Å². The van der Waals surface area contributed by atoms with E-state index in [2.05, 4.69) is 22.0 Å². The van der Waals surface area contributed by atoms with Crippen molar-refractivity contribution in [3.8, 4) is 11.5 Å². The second-order valence-electron chi connectivity index (χ2n) is 8.66. The van der Waals surface area contributed by atoms with Gasteiger partial charge in [0.1, 0.15) is 11.5 Å². The van der Waals surface area contributed by atoms with E-state index in [1.165, 1.54) is 12.5 Å². The molecule has 33 heavy (non-hydrogen) atoms. The number of imidazole rings is 1. The number of carbonyl (C=O) groups is 1. The molecule has 0 amide bonds. The molecule has 0 radical (unpaired) electrons. The number of Topliss-reactive ketones (excluding diaryl/α,β-unsaturated/α-hetero) is 1. The number of fused-ring (bicyclic) bond motifs is 1. The van der Waals surface area contributed by atoms with E-state index < -0.39 is 0 Å². The Hall–Kier alpha value is -3.64. The molecule has 3 aromatic carbocycles. The molecule has 4 aromatic rings. The van der Waals surface area contributed by atoms with Gasteiger partial charge in [0.15, 0.2) is 5.78 Å². The van der Waals surface area contributed by atoms with Crippen LogP contribution in [0.15, 0.2) is 77.6 Å². The number of ether oxygens (including phenoxy) is 1. The standard InChI is InChI=1S/C27H27N3O3/c1-19(31)21-10-11-26-25(17-21)28-27(32)30(26)22-12-14-29(15-13-22)18-20-6-5-9-24(16-20)33-23-7-3-2-4-8-23/h2-11,16-17,22H,12-15,18H2,1H3,(H,28,32). The number of ketones is 1. The first-order valence-electron chi connectivity index (χ1n) is 11.4. The molecule has 6 heteroatoms. The van der Waals surface area contributed by atoms with Crippen molar-refractivity contribution in [1.82, 2.24) is 14.5 Å². The van der Waals surface area contributed by atoms with Crippen LogP contribution in [0.2, 0.25) is 0 Å². The highest BCUT2D eigenvalue weighted by molar-refractivity contribution is 5.97. The number of aromatic nitrogens is 2. The fraction of sp³-hybridized carbons (Fsp3) is 0.259. The van der Waals surface area contributed by atoms with Gasteiger partial charge >= 0.3 is 5.69 Å². The van der Waals surface area contributed by atoms with Gasteiger partial charge in [-0.25, -0.2) is 4.79 Å². The molecule has 2 heterocycles. The average molecular weight is 442 g/mol. The van der Waals surface area contributed by atoms with Crippen LogP contribution < -0.4 is 10.4 Å². The van der Waals surface area contributed by atoms with Gasteiger partial charge < -0.3 is 9.72 Å². The summed E-state index contributed by atoms with van der Waals surface area (Å²) in [5.74, 6) is 1.66. The van der Waals surface area contributed by atoms with Crippen LogP contribution in [0.3, 0.4) is 0 Å². The maximum absolute atomic E-state index is 12.7. The average Bonchev–Trinajstić information content (AvgIpc) is 3.15. The number of hydrogen-bond donors (Lipinski definition) is 1. The van der Waals surface area contributed by atoms with Gasteiger partial charge in [0, 0.05) is 31.2 Å². The second kappa shape index (κ2) is 9.08. The summed E-state index contributed by atoms with van der Waals surface area (Å²) in [5.41, 5.74) is 3.32. The van der Waals surface area contributed by atoms with Crippen LogP contribution in [0.4, 0.5) is 0 Å². The van der Waals surface area contributed by atoms with Gasteiger partial charge in [-0.1, -0.05) is 30.3 Å². The van der Waals surface area contributed by atoms with Gasteiger partial charge in [0.2, 0.25) is 0 Å². The monoisotopic (exact) mass is 441 g/mol. The fourth-order valence-electron chi connectivity index (χ4n) is 4.64. The number of H-pyrrole nitrogens is 1. The molecule has 0 unspecified atom stereocenters. The van der Waals surface area contributed by atoms with Crippen LogP contribution >= 0.6 is 0 Å². The minimum atomic E-state index is -0.102. The lowest BCUT2D eigenvalue weighted by Crippen LogP contribution is -2.36. The van der Waals surface area contributed by atoms with Crippen molar-refractivity contribution in [3.63, 3.8) is 0 Å². The molecule has 1 N–H and O–H groups in total. The number of rotatable bonds is 6. The molecule has 0 atom stereocenters. The lowest BCUT2D eigenvalue weighted by Gasteiger charge is -2.32. The SMILES string of the molecule is CC(=O)c1ccc2c(c1)[nH]c(=O)n2C1CCN(Cc2cccc(Oc3ccccc3)c2)CC1. The van der Waals surface area contributed by atoms with E-state index in [9.17, 15) is 9.59 Å².